The molecule has 3 heterocycles. The molecule has 138 valence electrons. The van der Waals surface area contributed by atoms with Crippen molar-refractivity contribution in [1.82, 2.24) is 9.62 Å². The maximum absolute atomic E-state index is 13.2. The Bertz CT molecular complexity index is 956. The Morgan fingerprint density at radius 1 is 0.840 bits per heavy atom. The summed E-state index contributed by atoms with van der Waals surface area (Å²) in [5, 5.41) is 3.08. The van der Waals surface area contributed by atoms with E-state index >= 15 is 0 Å². The predicted molar refractivity (Wildman–Crippen MR) is 91.1 cm³/mol. The van der Waals surface area contributed by atoms with Crippen LogP contribution in [0.25, 0.3) is 0 Å². The highest BCUT2D eigenvalue weighted by Gasteiger charge is 2.57. The van der Waals surface area contributed by atoms with Gasteiger partial charge in [0.15, 0.2) is 19.7 Å². The average molecular weight is 407 g/mol. The standard InChI is InChI=1S/C14H18N2O6S3/c17-23(18)6-11-13(8-23)16(14-9-24(19,20)7-12(14)15-11)25(21,22)10-4-2-1-3-5-10/h1-5,11-15H,6-9H2/t11-,12+,13-,14-/m1/s1. The van der Waals surface area contributed by atoms with E-state index in [1.807, 2.05) is 0 Å². The van der Waals surface area contributed by atoms with E-state index in [9.17, 15) is 25.3 Å². The predicted octanol–water partition coefficient (Wildman–Crippen LogP) is -1.39. The van der Waals surface area contributed by atoms with Crippen molar-refractivity contribution in [2.75, 3.05) is 23.0 Å². The van der Waals surface area contributed by atoms with Crippen LogP contribution in [-0.4, -0.2) is 76.7 Å². The molecule has 1 aromatic carbocycles. The lowest BCUT2D eigenvalue weighted by Crippen LogP contribution is -2.67. The molecule has 0 aliphatic carbocycles. The Balaban J connectivity index is 1.84. The largest absolute Gasteiger partial charge is 0.306 e. The molecular formula is C14H18N2O6S3. The Kier molecular flexibility index (Phi) is 3.82. The summed E-state index contributed by atoms with van der Waals surface area (Å²) in [5.41, 5.74) is 0. The fraction of sp³-hybridized carbons (Fsp3) is 0.571. The molecule has 0 spiro atoms. The zero-order valence-corrected chi connectivity index (χ0v) is 15.6. The smallest absolute Gasteiger partial charge is 0.243 e. The van der Waals surface area contributed by atoms with Crippen LogP contribution in [-0.2, 0) is 29.7 Å². The van der Waals surface area contributed by atoms with E-state index in [0.29, 0.717) is 0 Å². The Morgan fingerprint density at radius 2 is 1.32 bits per heavy atom. The highest BCUT2D eigenvalue weighted by atomic mass is 32.2. The van der Waals surface area contributed by atoms with Gasteiger partial charge in [-0.15, -0.1) is 0 Å². The molecule has 4 atom stereocenters. The topological polar surface area (TPSA) is 118 Å². The second kappa shape index (κ2) is 5.49. The van der Waals surface area contributed by atoms with Gasteiger partial charge in [-0.1, -0.05) is 18.2 Å². The number of hydrogen-bond acceptors (Lipinski definition) is 7. The summed E-state index contributed by atoms with van der Waals surface area (Å²) in [6.45, 7) is 0. The highest BCUT2D eigenvalue weighted by molar-refractivity contribution is 7.92. The highest BCUT2D eigenvalue weighted by Crippen LogP contribution is 2.35. The van der Waals surface area contributed by atoms with Gasteiger partial charge in [0, 0.05) is 12.1 Å². The maximum atomic E-state index is 13.2. The van der Waals surface area contributed by atoms with Crippen LogP contribution < -0.4 is 5.32 Å². The number of sulfone groups is 2. The number of rotatable bonds is 2. The number of sulfonamides is 1. The van der Waals surface area contributed by atoms with Crippen molar-refractivity contribution in [3.63, 3.8) is 0 Å². The van der Waals surface area contributed by atoms with E-state index in [-0.39, 0.29) is 27.9 Å². The molecule has 1 aromatic rings. The number of hydrogen-bond donors (Lipinski definition) is 1. The van der Waals surface area contributed by atoms with Crippen molar-refractivity contribution >= 4 is 29.7 Å². The summed E-state index contributed by atoms with van der Waals surface area (Å²) in [4.78, 5) is 0.0444. The summed E-state index contributed by atoms with van der Waals surface area (Å²) < 4.78 is 75.9. The molecule has 0 bridgehead atoms. The van der Waals surface area contributed by atoms with Gasteiger partial charge in [0.2, 0.25) is 10.0 Å². The quantitative estimate of drug-likeness (QED) is 0.643. The van der Waals surface area contributed by atoms with E-state index in [2.05, 4.69) is 5.32 Å². The third kappa shape index (κ3) is 2.91. The zero-order valence-electron chi connectivity index (χ0n) is 13.1. The van der Waals surface area contributed by atoms with Crippen molar-refractivity contribution in [1.29, 1.82) is 0 Å². The van der Waals surface area contributed by atoms with E-state index in [1.165, 1.54) is 12.1 Å². The third-order valence-electron chi connectivity index (χ3n) is 5.05. The molecule has 3 fully saturated rings. The fourth-order valence-electron chi connectivity index (χ4n) is 4.07. The van der Waals surface area contributed by atoms with Gasteiger partial charge in [-0.3, -0.25) is 0 Å². The normalized spacial score (nSPS) is 36.6. The molecule has 25 heavy (non-hydrogen) atoms. The van der Waals surface area contributed by atoms with E-state index in [4.69, 9.17) is 0 Å². The van der Waals surface area contributed by atoms with Gasteiger partial charge < -0.3 is 5.32 Å². The summed E-state index contributed by atoms with van der Waals surface area (Å²) >= 11 is 0. The van der Waals surface area contributed by atoms with Crippen LogP contribution in [0.15, 0.2) is 35.2 Å². The first-order valence-corrected chi connectivity index (χ1v) is 12.9. The molecule has 4 rings (SSSR count). The van der Waals surface area contributed by atoms with E-state index in [0.717, 1.165) is 4.31 Å². The maximum Gasteiger partial charge on any atom is 0.243 e. The molecule has 8 nitrogen and oxygen atoms in total. The van der Waals surface area contributed by atoms with Crippen LogP contribution in [0.1, 0.15) is 0 Å². The van der Waals surface area contributed by atoms with Crippen LogP contribution >= 0.6 is 0 Å². The molecule has 3 saturated heterocycles. The summed E-state index contributed by atoms with van der Waals surface area (Å²) in [7, 11) is -10.8. The minimum atomic E-state index is -4.01. The second-order valence-corrected chi connectivity index (χ2v) is 13.0. The van der Waals surface area contributed by atoms with Crippen molar-refractivity contribution in [3.05, 3.63) is 30.3 Å². The van der Waals surface area contributed by atoms with Crippen molar-refractivity contribution in [2.24, 2.45) is 0 Å². The first-order valence-electron chi connectivity index (χ1n) is 7.85. The second-order valence-electron chi connectivity index (χ2n) is 6.82. The Labute approximate surface area is 147 Å². The summed E-state index contributed by atoms with van der Waals surface area (Å²) in [6, 6.07) is 4.98. The van der Waals surface area contributed by atoms with Gasteiger partial charge in [0.05, 0.1) is 40.0 Å². The monoisotopic (exact) mass is 406 g/mol. The first kappa shape index (κ1) is 17.4. The van der Waals surface area contributed by atoms with Gasteiger partial charge in [0.25, 0.3) is 0 Å². The molecule has 3 aliphatic heterocycles. The summed E-state index contributed by atoms with van der Waals surface area (Å²) in [6.07, 6.45) is 0. The van der Waals surface area contributed by atoms with Gasteiger partial charge in [-0.05, 0) is 12.1 Å². The molecule has 3 aliphatic rings. The van der Waals surface area contributed by atoms with Crippen LogP contribution in [0, 0.1) is 0 Å². The summed E-state index contributed by atoms with van der Waals surface area (Å²) in [5.74, 6) is -0.941. The van der Waals surface area contributed by atoms with E-state index in [1.54, 1.807) is 18.2 Å². The minimum Gasteiger partial charge on any atom is -0.306 e. The number of nitrogens with zero attached hydrogens (tertiary/aromatic N) is 1. The molecule has 11 heteroatoms. The van der Waals surface area contributed by atoms with Gasteiger partial charge in [-0.25, -0.2) is 25.3 Å². The van der Waals surface area contributed by atoms with Crippen molar-refractivity contribution in [3.8, 4) is 0 Å². The Morgan fingerprint density at radius 3 is 1.80 bits per heavy atom. The zero-order chi connectivity index (χ0) is 18.0. The van der Waals surface area contributed by atoms with Crippen molar-refractivity contribution < 1.29 is 25.3 Å². The molecule has 0 amide bonds. The fourth-order valence-corrected chi connectivity index (χ4v) is 9.99. The Hall–Kier alpha value is -1.01. The van der Waals surface area contributed by atoms with E-state index < -0.39 is 53.9 Å². The number of benzene rings is 1. The van der Waals surface area contributed by atoms with Gasteiger partial charge in [-0.2, -0.15) is 4.31 Å². The molecular weight excluding hydrogens is 388 g/mol. The van der Waals surface area contributed by atoms with Crippen molar-refractivity contribution in [2.45, 2.75) is 29.1 Å². The van der Waals surface area contributed by atoms with Gasteiger partial charge >= 0.3 is 0 Å². The first-order chi connectivity index (χ1) is 11.6. The van der Waals surface area contributed by atoms with Crippen LogP contribution in [0.2, 0.25) is 0 Å². The number of nitrogens with one attached hydrogen (secondary N) is 1. The molecule has 0 aromatic heterocycles. The lowest BCUT2D eigenvalue weighted by atomic mass is 10.0. The third-order valence-corrected chi connectivity index (χ3v) is 10.4. The van der Waals surface area contributed by atoms with Crippen LogP contribution in [0.4, 0.5) is 0 Å². The lowest BCUT2D eigenvalue weighted by molar-refractivity contribution is 0.160. The number of piperazine rings is 1. The SMILES string of the molecule is O=S1(=O)C[C@@H]2N[C@@H]3CS(=O)(=O)C[C@H]3N(S(=O)(=O)c3ccccc3)[C@@H]2C1. The van der Waals surface area contributed by atoms with Crippen LogP contribution in [0.5, 0.6) is 0 Å². The average Bonchev–Trinajstić information content (AvgIpc) is 2.97. The minimum absolute atomic E-state index is 0.0444. The molecule has 1 N–H and O–H groups in total. The van der Waals surface area contributed by atoms with Gasteiger partial charge in [0.1, 0.15) is 0 Å². The number of fused-ring (bicyclic) bond motifs is 2. The lowest BCUT2D eigenvalue weighted by Gasteiger charge is -2.43. The molecule has 0 radical (unpaired) electrons. The molecule has 0 saturated carbocycles. The van der Waals surface area contributed by atoms with Crippen LogP contribution in [0.3, 0.4) is 0 Å². The molecule has 0 unspecified atom stereocenters.